The van der Waals surface area contributed by atoms with Crippen LogP contribution in [0.2, 0.25) is 0 Å². The Kier molecular flexibility index (Phi) is 7.98. The van der Waals surface area contributed by atoms with Crippen molar-refractivity contribution in [2.24, 2.45) is 0 Å². The second kappa shape index (κ2) is 8.04. The van der Waals surface area contributed by atoms with Gasteiger partial charge in [0, 0.05) is 31.3 Å². The van der Waals surface area contributed by atoms with Crippen molar-refractivity contribution in [3.8, 4) is 0 Å². The molecule has 0 saturated heterocycles. The Hall–Kier alpha value is -0.120. The zero-order valence-electron chi connectivity index (χ0n) is 12.0. The fourth-order valence-electron chi connectivity index (χ4n) is 1.28. The molecule has 1 atom stereocenters. The number of nitrogens with zero attached hydrogens (tertiary/aromatic N) is 1. The lowest BCUT2D eigenvalue weighted by molar-refractivity contribution is 0.108. The van der Waals surface area contributed by atoms with Crippen LogP contribution in [0.15, 0.2) is 0 Å². The molecule has 0 aromatic rings. The van der Waals surface area contributed by atoms with Crippen molar-refractivity contribution in [1.82, 2.24) is 10.2 Å². The summed E-state index contributed by atoms with van der Waals surface area (Å²) in [4.78, 5) is 2.34. The summed E-state index contributed by atoms with van der Waals surface area (Å²) in [5.41, 5.74) is 0.245. The summed E-state index contributed by atoms with van der Waals surface area (Å²) < 4.78 is 5.36. The minimum Gasteiger partial charge on any atom is -0.380 e. The summed E-state index contributed by atoms with van der Waals surface area (Å²) in [7, 11) is 2.16. The van der Waals surface area contributed by atoms with Crippen LogP contribution in [0.3, 0.4) is 0 Å². The van der Waals surface area contributed by atoms with Crippen molar-refractivity contribution >= 4 is 0 Å². The van der Waals surface area contributed by atoms with Gasteiger partial charge in [0.05, 0.1) is 6.61 Å². The average molecular weight is 230 g/mol. The van der Waals surface area contributed by atoms with Crippen molar-refractivity contribution in [1.29, 1.82) is 0 Å². The Bertz CT molecular complexity index is 171. The summed E-state index contributed by atoms with van der Waals surface area (Å²) in [6.07, 6.45) is 1.16. The molecule has 1 unspecified atom stereocenters. The maximum Gasteiger partial charge on any atom is 0.0593 e. The monoisotopic (exact) mass is 230 g/mol. The molecule has 0 saturated carbocycles. The van der Waals surface area contributed by atoms with Gasteiger partial charge in [-0.2, -0.15) is 0 Å². The van der Waals surface area contributed by atoms with E-state index in [2.05, 4.69) is 45.0 Å². The van der Waals surface area contributed by atoms with Crippen molar-refractivity contribution in [2.75, 3.05) is 33.4 Å². The van der Waals surface area contributed by atoms with Crippen LogP contribution in [-0.2, 0) is 4.74 Å². The summed E-state index contributed by atoms with van der Waals surface area (Å²) in [6, 6.07) is 0.547. The molecule has 16 heavy (non-hydrogen) atoms. The molecule has 0 fully saturated rings. The first-order valence-electron chi connectivity index (χ1n) is 6.46. The molecule has 3 heteroatoms. The van der Waals surface area contributed by atoms with Gasteiger partial charge in [0.2, 0.25) is 0 Å². The minimum absolute atomic E-state index is 0.245. The third kappa shape index (κ3) is 7.20. The van der Waals surface area contributed by atoms with Crippen molar-refractivity contribution in [3.05, 3.63) is 0 Å². The topological polar surface area (TPSA) is 24.5 Å². The van der Waals surface area contributed by atoms with Gasteiger partial charge in [-0.05, 0) is 41.2 Å². The Morgan fingerprint density at radius 3 is 2.44 bits per heavy atom. The first-order chi connectivity index (χ1) is 7.43. The van der Waals surface area contributed by atoms with Gasteiger partial charge >= 0.3 is 0 Å². The van der Waals surface area contributed by atoms with Gasteiger partial charge in [-0.15, -0.1) is 0 Å². The smallest absolute Gasteiger partial charge is 0.0593 e. The Labute approximate surface area is 102 Å². The van der Waals surface area contributed by atoms with Crippen LogP contribution in [0.1, 0.15) is 41.0 Å². The molecule has 3 nitrogen and oxygen atoms in total. The van der Waals surface area contributed by atoms with E-state index in [0.717, 1.165) is 32.7 Å². The van der Waals surface area contributed by atoms with E-state index in [9.17, 15) is 0 Å². The van der Waals surface area contributed by atoms with E-state index in [4.69, 9.17) is 4.74 Å². The lowest BCUT2D eigenvalue weighted by Crippen LogP contribution is -2.47. The maximum absolute atomic E-state index is 5.36. The predicted octanol–water partition coefficient (Wildman–Crippen LogP) is 2.12. The Morgan fingerprint density at radius 1 is 1.31 bits per heavy atom. The van der Waals surface area contributed by atoms with Gasteiger partial charge in [0.25, 0.3) is 0 Å². The minimum atomic E-state index is 0.245. The van der Waals surface area contributed by atoms with E-state index in [1.807, 2.05) is 6.92 Å². The van der Waals surface area contributed by atoms with Crippen molar-refractivity contribution in [2.45, 2.75) is 52.6 Å². The highest BCUT2D eigenvalue weighted by atomic mass is 16.5. The molecule has 0 aromatic carbocycles. The van der Waals surface area contributed by atoms with E-state index < -0.39 is 0 Å². The lowest BCUT2D eigenvalue weighted by atomic mass is 10.0. The molecular formula is C13H30N2O. The van der Waals surface area contributed by atoms with Crippen LogP contribution >= 0.6 is 0 Å². The first kappa shape index (κ1) is 15.9. The molecule has 0 amide bonds. The molecule has 0 rings (SSSR count). The number of rotatable bonds is 9. The van der Waals surface area contributed by atoms with Gasteiger partial charge < -0.3 is 15.0 Å². The van der Waals surface area contributed by atoms with Crippen LogP contribution in [-0.4, -0.2) is 49.8 Å². The summed E-state index contributed by atoms with van der Waals surface area (Å²) in [5, 5.41) is 3.60. The number of likely N-dealkylation sites (N-methyl/N-ethyl adjacent to an activating group) is 1. The van der Waals surface area contributed by atoms with Gasteiger partial charge in [-0.1, -0.05) is 6.92 Å². The molecule has 1 N–H and O–H groups in total. The summed E-state index contributed by atoms with van der Waals surface area (Å²) >= 11 is 0. The largest absolute Gasteiger partial charge is 0.380 e. The summed E-state index contributed by atoms with van der Waals surface area (Å²) in [5.74, 6) is 0. The van der Waals surface area contributed by atoms with Crippen LogP contribution < -0.4 is 5.32 Å². The van der Waals surface area contributed by atoms with Crippen LogP contribution in [0.4, 0.5) is 0 Å². The van der Waals surface area contributed by atoms with Crippen molar-refractivity contribution < 1.29 is 4.74 Å². The second-order valence-corrected chi connectivity index (χ2v) is 5.14. The Balaban J connectivity index is 3.74. The highest BCUT2D eigenvalue weighted by Crippen LogP contribution is 2.07. The molecule has 0 bridgehead atoms. The molecule has 98 valence electrons. The number of hydrogen-bond acceptors (Lipinski definition) is 3. The quantitative estimate of drug-likeness (QED) is 0.614. The summed E-state index contributed by atoms with van der Waals surface area (Å²) in [6.45, 7) is 14.7. The van der Waals surface area contributed by atoms with Gasteiger partial charge in [0.1, 0.15) is 0 Å². The number of ether oxygens (including phenoxy) is 1. The molecule has 0 aliphatic heterocycles. The molecule has 0 heterocycles. The van der Waals surface area contributed by atoms with E-state index in [-0.39, 0.29) is 5.54 Å². The molecule has 0 radical (unpaired) electrons. The van der Waals surface area contributed by atoms with Crippen LogP contribution in [0, 0.1) is 0 Å². The van der Waals surface area contributed by atoms with E-state index in [1.54, 1.807) is 0 Å². The first-order valence-corrected chi connectivity index (χ1v) is 6.46. The number of hydrogen-bond donors (Lipinski definition) is 1. The molecule has 0 spiro atoms. The third-order valence-corrected chi connectivity index (χ3v) is 3.30. The fraction of sp³-hybridized carbons (Fsp3) is 1.00. The lowest BCUT2D eigenvalue weighted by Gasteiger charge is -2.30. The van der Waals surface area contributed by atoms with Gasteiger partial charge in [0.15, 0.2) is 0 Å². The predicted molar refractivity (Wildman–Crippen MR) is 71.0 cm³/mol. The highest BCUT2D eigenvalue weighted by Gasteiger charge is 2.16. The highest BCUT2D eigenvalue weighted by molar-refractivity contribution is 4.78. The molecule has 0 aliphatic carbocycles. The van der Waals surface area contributed by atoms with Crippen LogP contribution in [0.25, 0.3) is 0 Å². The average Bonchev–Trinajstić information content (AvgIpc) is 2.26. The van der Waals surface area contributed by atoms with E-state index in [0.29, 0.717) is 6.04 Å². The zero-order valence-corrected chi connectivity index (χ0v) is 12.0. The van der Waals surface area contributed by atoms with Crippen LogP contribution in [0.5, 0.6) is 0 Å². The second-order valence-electron chi connectivity index (χ2n) is 5.14. The van der Waals surface area contributed by atoms with E-state index in [1.165, 1.54) is 0 Å². The van der Waals surface area contributed by atoms with Gasteiger partial charge in [-0.3, -0.25) is 0 Å². The SMILES string of the molecule is CCOCCN(C)C(C)CNC(C)(C)CC. The molecule has 0 aromatic heterocycles. The maximum atomic E-state index is 5.36. The normalized spacial score (nSPS) is 14.4. The van der Waals surface area contributed by atoms with Gasteiger partial charge in [-0.25, -0.2) is 0 Å². The fourth-order valence-corrected chi connectivity index (χ4v) is 1.28. The van der Waals surface area contributed by atoms with E-state index >= 15 is 0 Å². The standard InChI is InChI=1S/C13H30N2O/c1-7-13(4,5)14-11-12(3)15(6)9-10-16-8-2/h12,14H,7-11H2,1-6H3. The molecular weight excluding hydrogens is 200 g/mol. The number of nitrogens with one attached hydrogen (secondary N) is 1. The van der Waals surface area contributed by atoms with Crippen molar-refractivity contribution in [3.63, 3.8) is 0 Å². The third-order valence-electron chi connectivity index (χ3n) is 3.30. The Morgan fingerprint density at radius 2 is 1.94 bits per heavy atom. The zero-order chi connectivity index (χ0) is 12.6. The molecule has 0 aliphatic rings.